The van der Waals surface area contributed by atoms with Gasteiger partial charge in [-0.3, -0.25) is 9.48 Å². The van der Waals surface area contributed by atoms with Gasteiger partial charge in [0.25, 0.3) is 5.91 Å². The third-order valence-electron chi connectivity index (χ3n) is 3.73. The van der Waals surface area contributed by atoms with Crippen LogP contribution in [0.25, 0.3) is 6.08 Å². The largest absolute Gasteiger partial charge is 0.321 e. The predicted octanol–water partition coefficient (Wildman–Crippen LogP) is 3.54. The molecule has 1 amide bonds. The number of benzene rings is 1. The molecule has 5 nitrogen and oxygen atoms in total. The molecule has 23 heavy (non-hydrogen) atoms. The van der Waals surface area contributed by atoms with Crippen LogP contribution in [0.15, 0.2) is 23.8 Å². The lowest BCUT2D eigenvalue weighted by molar-refractivity contribution is -0.112. The third-order valence-corrected chi connectivity index (χ3v) is 4.14. The normalized spacial score (nSPS) is 11.2. The highest BCUT2D eigenvalue weighted by atomic mass is 35.5. The molecule has 1 aromatic carbocycles. The second kappa shape index (κ2) is 6.67. The summed E-state index contributed by atoms with van der Waals surface area (Å²) in [7, 11) is 1.82. The van der Waals surface area contributed by atoms with Gasteiger partial charge in [0.15, 0.2) is 0 Å². The Balaban J connectivity index is 2.34. The molecule has 1 heterocycles. The number of carbonyl (C=O) groups excluding carboxylic acids is 1. The molecule has 0 bridgehead atoms. The standard InChI is InChI=1S/C17H17ClN4O/c1-10-15(18)6-5-7-16(10)20-17(23)13(9-19)8-14-11(2)21-22(4)12(14)3/h5-8H,1-4H3,(H,20,23)/b13-8+. The highest BCUT2D eigenvalue weighted by Crippen LogP contribution is 2.24. The van der Waals surface area contributed by atoms with E-state index in [-0.39, 0.29) is 5.57 Å². The van der Waals surface area contributed by atoms with Crippen molar-refractivity contribution in [2.24, 2.45) is 7.05 Å². The van der Waals surface area contributed by atoms with Crippen molar-refractivity contribution >= 4 is 29.3 Å². The van der Waals surface area contributed by atoms with Crippen LogP contribution in [0.5, 0.6) is 0 Å². The van der Waals surface area contributed by atoms with Gasteiger partial charge in [0.2, 0.25) is 0 Å². The van der Waals surface area contributed by atoms with Crippen molar-refractivity contribution < 1.29 is 4.79 Å². The monoisotopic (exact) mass is 328 g/mol. The fraction of sp³-hybridized carbons (Fsp3) is 0.235. The summed E-state index contributed by atoms with van der Waals surface area (Å²) in [6.45, 7) is 5.54. The first-order valence-electron chi connectivity index (χ1n) is 7.03. The zero-order valence-electron chi connectivity index (χ0n) is 13.4. The maximum Gasteiger partial charge on any atom is 0.266 e. The highest BCUT2D eigenvalue weighted by Gasteiger charge is 2.14. The van der Waals surface area contributed by atoms with Gasteiger partial charge in [-0.15, -0.1) is 0 Å². The van der Waals surface area contributed by atoms with Crippen LogP contribution >= 0.6 is 11.6 Å². The number of rotatable bonds is 3. The first kappa shape index (κ1) is 16.8. The van der Waals surface area contributed by atoms with E-state index in [1.165, 1.54) is 0 Å². The van der Waals surface area contributed by atoms with Crippen LogP contribution in [-0.4, -0.2) is 15.7 Å². The molecule has 1 aromatic heterocycles. The van der Waals surface area contributed by atoms with Gasteiger partial charge in [-0.05, 0) is 44.5 Å². The summed E-state index contributed by atoms with van der Waals surface area (Å²) < 4.78 is 1.72. The van der Waals surface area contributed by atoms with Crippen LogP contribution in [0.4, 0.5) is 5.69 Å². The molecule has 6 heteroatoms. The quantitative estimate of drug-likeness (QED) is 0.692. The number of anilines is 1. The molecular weight excluding hydrogens is 312 g/mol. The molecule has 0 saturated heterocycles. The Morgan fingerprint density at radius 1 is 1.39 bits per heavy atom. The van der Waals surface area contributed by atoms with Crippen LogP contribution in [-0.2, 0) is 11.8 Å². The Labute approximate surface area is 140 Å². The Morgan fingerprint density at radius 2 is 2.09 bits per heavy atom. The molecule has 0 saturated carbocycles. The van der Waals surface area contributed by atoms with E-state index in [9.17, 15) is 10.1 Å². The number of aryl methyl sites for hydroxylation is 2. The molecule has 2 aromatic rings. The molecule has 2 rings (SSSR count). The van der Waals surface area contributed by atoms with Gasteiger partial charge in [0.1, 0.15) is 11.6 Å². The van der Waals surface area contributed by atoms with Crippen LogP contribution < -0.4 is 5.32 Å². The maximum atomic E-state index is 12.4. The number of nitriles is 1. The summed E-state index contributed by atoms with van der Waals surface area (Å²) in [5.41, 5.74) is 3.80. The average molecular weight is 329 g/mol. The zero-order chi connectivity index (χ0) is 17.1. The minimum absolute atomic E-state index is 0.0172. The Kier molecular flexibility index (Phi) is 4.87. The molecule has 0 aliphatic heterocycles. The average Bonchev–Trinajstić information content (AvgIpc) is 2.74. The summed E-state index contributed by atoms with van der Waals surface area (Å²) in [5, 5.41) is 16.9. The van der Waals surface area contributed by atoms with Crippen molar-refractivity contribution in [2.75, 3.05) is 5.32 Å². The van der Waals surface area contributed by atoms with Crippen molar-refractivity contribution in [2.45, 2.75) is 20.8 Å². The molecule has 0 radical (unpaired) electrons. The van der Waals surface area contributed by atoms with Gasteiger partial charge in [-0.1, -0.05) is 17.7 Å². The van der Waals surface area contributed by atoms with Crippen LogP contribution in [0.2, 0.25) is 5.02 Å². The van der Waals surface area contributed by atoms with Crippen molar-refractivity contribution in [1.29, 1.82) is 5.26 Å². The van der Waals surface area contributed by atoms with Gasteiger partial charge in [0.05, 0.1) is 5.69 Å². The van der Waals surface area contributed by atoms with Gasteiger partial charge in [-0.2, -0.15) is 10.4 Å². The van der Waals surface area contributed by atoms with Gasteiger partial charge >= 0.3 is 0 Å². The van der Waals surface area contributed by atoms with E-state index in [1.54, 1.807) is 29.0 Å². The summed E-state index contributed by atoms with van der Waals surface area (Å²) >= 11 is 6.04. The molecular formula is C17H17ClN4O. The molecule has 0 atom stereocenters. The number of hydrogen-bond donors (Lipinski definition) is 1. The van der Waals surface area contributed by atoms with E-state index >= 15 is 0 Å². The van der Waals surface area contributed by atoms with Crippen LogP contribution in [0.3, 0.4) is 0 Å². The van der Waals surface area contributed by atoms with E-state index in [0.29, 0.717) is 10.7 Å². The van der Waals surface area contributed by atoms with E-state index in [4.69, 9.17) is 11.6 Å². The molecule has 0 spiro atoms. The molecule has 1 N–H and O–H groups in total. The third kappa shape index (κ3) is 3.43. The lowest BCUT2D eigenvalue weighted by Gasteiger charge is -2.09. The highest BCUT2D eigenvalue weighted by molar-refractivity contribution is 6.31. The minimum atomic E-state index is -0.472. The Morgan fingerprint density at radius 3 is 2.65 bits per heavy atom. The Hall–Kier alpha value is -2.58. The van der Waals surface area contributed by atoms with E-state index < -0.39 is 5.91 Å². The van der Waals surface area contributed by atoms with Crippen molar-refractivity contribution in [3.05, 3.63) is 51.3 Å². The number of amides is 1. The molecule has 0 aliphatic rings. The van der Waals surface area contributed by atoms with Crippen molar-refractivity contribution in [3.63, 3.8) is 0 Å². The van der Waals surface area contributed by atoms with Crippen molar-refractivity contribution in [3.8, 4) is 6.07 Å². The fourth-order valence-corrected chi connectivity index (χ4v) is 2.40. The second-order valence-electron chi connectivity index (χ2n) is 5.24. The topological polar surface area (TPSA) is 70.7 Å². The maximum absolute atomic E-state index is 12.4. The van der Waals surface area contributed by atoms with E-state index in [2.05, 4.69) is 10.4 Å². The summed E-state index contributed by atoms with van der Waals surface area (Å²) in [6, 6.07) is 7.18. The minimum Gasteiger partial charge on any atom is -0.321 e. The molecule has 0 fully saturated rings. The number of nitrogens with one attached hydrogen (secondary N) is 1. The number of halogens is 1. The fourth-order valence-electron chi connectivity index (χ4n) is 2.22. The number of carbonyl (C=O) groups is 1. The van der Waals surface area contributed by atoms with Crippen LogP contribution in [0.1, 0.15) is 22.5 Å². The lowest BCUT2D eigenvalue weighted by Crippen LogP contribution is -2.14. The lowest BCUT2D eigenvalue weighted by atomic mass is 10.1. The van der Waals surface area contributed by atoms with Crippen molar-refractivity contribution in [1.82, 2.24) is 9.78 Å². The first-order chi connectivity index (χ1) is 10.8. The molecule has 0 aliphatic carbocycles. The number of hydrogen-bond acceptors (Lipinski definition) is 3. The van der Waals surface area contributed by atoms with Gasteiger partial charge in [0, 0.05) is 29.0 Å². The number of aromatic nitrogens is 2. The van der Waals surface area contributed by atoms with Gasteiger partial charge in [-0.25, -0.2) is 0 Å². The van der Waals surface area contributed by atoms with Gasteiger partial charge < -0.3 is 5.32 Å². The van der Waals surface area contributed by atoms with E-state index in [1.807, 2.05) is 33.9 Å². The smallest absolute Gasteiger partial charge is 0.266 e. The second-order valence-corrected chi connectivity index (χ2v) is 5.65. The Bertz CT molecular complexity index is 843. The molecule has 0 unspecified atom stereocenters. The zero-order valence-corrected chi connectivity index (χ0v) is 14.2. The first-order valence-corrected chi connectivity index (χ1v) is 7.41. The summed E-state index contributed by atoms with van der Waals surface area (Å²) in [5.74, 6) is -0.472. The predicted molar refractivity (Wildman–Crippen MR) is 91.1 cm³/mol. The summed E-state index contributed by atoms with van der Waals surface area (Å²) in [6.07, 6.45) is 1.56. The van der Waals surface area contributed by atoms with Crippen LogP contribution in [0, 0.1) is 32.1 Å². The van der Waals surface area contributed by atoms with E-state index in [0.717, 1.165) is 22.5 Å². The SMILES string of the molecule is Cc1nn(C)c(C)c1/C=C(\C#N)C(=O)Nc1cccc(Cl)c1C. The summed E-state index contributed by atoms with van der Waals surface area (Å²) in [4.78, 5) is 12.4. The number of nitrogens with zero attached hydrogens (tertiary/aromatic N) is 3. The molecule has 118 valence electrons.